The molecule has 0 spiro atoms. The van der Waals surface area contributed by atoms with Gasteiger partial charge in [-0.3, -0.25) is 4.99 Å². The van der Waals surface area contributed by atoms with Crippen molar-refractivity contribution in [2.45, 2.75) is 6.18 Å². The molecule has 0 unspecified atom stereocenters. The molecule has 10 heteroatoms. The number of piperazine rings is 1. The van der Waals surface area contributed by atoms with Gasteiger partial charge in [0.25, 0.3) is 0 Å². The van der Waals surface area contributed by atoms with E-state index in [1.165, 1.54) is 6.07 Å². The number of anilines is 1. The van der Waals surface area contributed by atoms with Crippen LogP contribution in [0.2, 0.25) is 0 Å². The Morgan fingerprint density at radius 3 is 2.50 bits per heavy atom. The maximum atomic E-state index is 12.5. The van der Waals surface area contributed by atoms with Gasteiger partial charge in [-0.15, -0.1) is 0 Å². The second-order valence-electron chi connectivity index (χ2n) is 6.67. The van der Waals surface area contributed by atoms with Crippen LogP contribution in [-0.2, 0) is 6.18 Å². The van der Waals surface area contributed by atoms with E-state index in [-0.39, 0.29) is 18.2 Å². The third-order valence-electron chi connectivity index (χ3n) is 4.71. The first-order chi connectivity index (χ1) is 14.4. The standard InChI is InChI=1S/C20H24F3N5O2/c1-24-19(25-8-13-30-18-7-6-15(14-26-18)20(21,22)23)28-11-9-27(10-12-28)16-4-2-3-5-17(16)29/h2-7,14,29H,8-13H2,1H3,(H,24,25). The SMILES string of the molecule is CN=C(NCCOc1ccc(C(F)(F)F)cn1)N1CCN(c2ccccc2O)CC1. The molecule has 1 aromatic carbocycles. The van der Waals surface area contributed by atoms with Gasteiger partial charge < -0.3 is 25.0 Å². The van der Waals surface area contributed by atoms with Crippen molar-refractivity contribution in [1.29, 1.82) is 0 Å². The van der Waals surface area contributed by atoms with Crippen molar-refractivity contribution in [3.05, 3.63) is 48.2 Å². The molecular weight excluding hydrogens is 399 g/mol. The van der Waals surface area contributed by atoms with E-state index in [9.17, 15) is 18.3 Å². The molecule has 30 heavy (non-hydrogen) atoms. The van der Waals surface area contributed by atoms with Crippen molar-refractivity contribution in [1.82, 2.24) is 15.2 Å². The molecule has 1 aromatic heterocycles. The van der Waals surface area contributed by atoms with Crippen LogP contribution in [0, 0.1) is 0 Å². The lowest BCUT2D eigenvalue weighted by Gasteiger charge is -2.37. The van der Waals surface area contributed by atoms with E-state index in [0.29, 0.717) is 6.54 Å². The number of hydrogen-bond donors (Lipinski definition) is 2. The quantitative estimate of drug-likeness (QED) is 0.438. The predicted octanol–water partition coefficient (Wildman–Crippen LogP) is 2.58. The molecule has 0 aliphatic carbocycles. The van der Waals surface area contributed by atoms with Crippen molar-refractivity contribution in [2.24, 2.45) is 4.99 Å². The molecular formula is C20H24F3N5O2. The number of hydrogen-bond acceptors (Lipinski definition) is 5. The average molecular weight is 423 g/mol. The summed E-state index contributed by atoms with van der Waals surface area (Å²) >= 11 is 0. The molecule has 1 aliphatic rings. The summed E-state index contributed by atoms with van der Waals surface area (Å²) in [6.45, 7) is 3.60. The second-order valence-corrected chi connectivity index (χ2v) is 6.67. The van der Waals surface area contributed by atoms with E-state index < -0.39 is 11.7 Å². The first-order valence-electron chi connectivity index (χ1n) is 9.53. The number of phenolic OH excluding ortho intramolecular Hbond substituents is 1. The molecule has 2 heterocycles. The number of halogens is 3. The van der Waals surface area contributed by atoms with Crippen LogP contribution < -0.4 is 15.0 Å². The Hall–Kier alpha value is -3.17. The van der Waals surface area contributed by atoms with Crippen LogP contribution in [0.3, 0.4) is 0 Å². The van der Waals surface area contributed by atoms with Gasteiger partial charge in [0.05, 0.1) is 17.8 Å². The van der Waals surface area contributed by atoms with Gasteiger partial charge in [0.1, 0.15) is 12.4 Å². The summed E-state index contributed by atoms with van der Waals surface area (Å²) in [6.07, 6.45) is -3.66. The topological polar surface area (TPSA) is 73.2 Å². The summed E-state index contributed by atoms with van der Waals surface area (Å²) in [6, 6.07) is 9.41. The number of benzene rings is 1. The number of ether oxygens (including phenoxy) is 1. The van der Waals surface area contributed by atoms with Crippen LogP contribution >= 0.6 is 0 Å². The molecule has 1 saturated heterocycles. The summed E-state index contributed by atoms with van der Waals surface area (Å²) in [5.74, 6) is 1.12. The van der Waals surface area contributed by atoms with Gasteiger partial charge in [-0.25, -0.2) is 4.98 Å². The van der Waals surface area contributed by atoms with Gasteiger partial charge in [-0.05, 0) is 18.2 Å². The van der Waals surface area contributed by atoms with Crippen molar-refractivity contribution >= 4 is 11.6 Å². The Balaban J connectivity index is 1.43. The van der Waals surface area contributed by atoms with Crippen LogP contribution in [0.1, 0.15) is 5.56 Å². The zero-order chi connectivity index (χ0) is 21.6. The molecule has 1 aliphatic heterocycles. The van der Waals surface area contributed by atoms with Gasteiger partial charge in [-0.1, -0.05) is 12.1 Å². The summed E-state index contributed by atoms with van der Waals surface area (Å²) in [5.41, 5.74) is 0.00822. The highest BCUT2D eigenvalue weighted by atomic mass is 19.4. The van der Waals surface area contributed by atoms with Crippen molar-refractivity contribution in [3.63, 3.8) is 0 Å². The number of aromatic hydroxyl groups is 1. The van der Waals surface area contributed by atoms with Crippen molar-refractivity contribution in [2.75, 3.05) is 51.3 Å². The highest BCUT2D eigenvalue weighted by Gasteiger charge is 2.30. The Kier molecular flexibility index (Phi) is 6.86. The van der Waals surface area contributed by atoms with Crippen LogP contribution in [-0.4, -0.2) is 67.3 Å². The van der Waals surface area contributed by atoms with Gasteiger partial charge in [0, 0.05) is 45.5 Å². The molecule has 7 nitrogen and oxygen atoms in total. The molecule has 2 N–H and O–H groups in total. The third-order valence-corrected chi connectivity index (χ3v) is 4.71. The Morgan fingerprint density at radius 1 is 1.17 bits per heavy atom. The first-order valence-corrected chi connectivity index (χ1v) is 9.53. The molecule has 0 bridgehead atoms. The summed E-state index contributed by atoms with van der Waals surface area (Å²) in [4.78, 5) is 12.2. The van der Waals surface area contributed by atoms with E-state index in [2.05, 4.69) is 25.1 Å². The van der Waals surface area contributed by atoms with Crippen LogP contribution in [0.4, 0.5) is 18.9 Å². The Labute approximate surface area is 172 Å². The smallest absolute Gasteiger partial charge is 0.417 e. The minimum absolute atomic E-state index is 0.135. The first kappa shape index (κ1) is 21.5. The van der Waals surface area contributed by atoms with E-state index in [1.807, 2.05) is 12.1 Å². The fourth-order valence-corrected chi connectivity index (χ4v) is 3.17. The largest absolute Gasteiger partial charge is 0.506 e. The lowest BCUT2D eigenvalue weighted by molar-refractivity contribution is -0.137. The van der Waals surface area contributed by atoms with Crippen LogP contribution in [0.5, 0.6) is 11.6 Å². The molecule has 0 atom stereocenters. The minimum Gasteiger partial charge on any atom is -0.506 e. The average Bonchev–Trinajstić information content (AvgIpc) is 2.74. The summed E-state index contributed by atoms with van der Waals surface area (Å²) in [7, 11) is 1.69. The maximum absolute atomic E-state index is 12.5. The van der Waals surface area contributed by atoms with E-state index >= 15 is 0 Å². The third kappa shape index (κ3) is 5.46. The number of pyridine rings is 1. The number of guanidine groups is 1. The predicted molar refractivity (Wildman–Crippen MR) is 108 cm³/mol. The molecule has 0 saturated carbocycles. The lowest BCUT2D eigenvalue weighted by Crippen LogP contribution is -2.53. The monoisotopic (exact) mass is 423 g/mol. The number of nitrogens with one attached hydrogen (secondary N) is 1. The lowest BCUT2D eigenvalue weighted by atomic mass is 10.2. The molecule has 162 valence electrons. The second kappa shape index (κ2) is 9.55. The zero-order valence-electron chi connectivity index (χ0n) is 16.6. The van der Waals surface area contributed by atoms with Gasteiger partial charge >= 0.3 is 6.18 Å². The number of aliphatic imine (C=N–C) groups is 1. The number of phenols is 1. The number of alkyl halides is 3. The highest BCUT2D eigenvalue weighted by molar-refractivity contribution is 5.80. The fraction of sp³-hybridized carbons (Fsp3) is 0.400. The van der Waals surface area contributed by atoms with Crippen LogP contribution in [0.15, 0.2) is 47.6 Å². The molecule has 0 amide bonds. The zero-order valence-corrected chi connectivity index (χ0v) is 16.6. The number of nitrogens with zero attached hydrogens (tertiary/aromatic N) is 4. The van der Waals surface area contributed by atoms with Crippen molar-refractivity contribution in [3.8, 4) is 11.6 Å². The number of aromatic nitrogens is 1. The van der Waals surface area contributed by atoms with E-state index in [0.717, 1.165) is 50.1 Å². The molecule has 3 rings (SSSR count). The number of rotatable bonds is 5. The normalized spacial score (nSPS) is 15.3. The van der Waals surface area contributed by atoms with Gasteiger partial charge in [0.15, 0.2) is 5.96 Å². The Bertz CT molecular complexity index is 850. The highest BCUT2D eigenvalue weighted by Crippen LogP contribution is 2.29. The van der Waals surface area contributed by atoms with E-state index in [4.69, 9.17) is 4.74 Å². The molecule has 1 fully saturated rings. The molecule has 0 radical (unpaired) electrons. The van der Waals surface area contributed by atoms with E-state index in [1.54, 1.807) is 19.2 Å². The van der Waals surface area contributed by atoms with Crippen LogP contribution in [0.25, 0.3) is 0 Å². The summed E-state index contributed by atoms with van der Waals surface area (Å²) in [5, 5.41) is 13.2. The minimum atomic E-state index is -4.41. The fourth-order valence-electron chi connectivity index (χ4n) is 3.17. The summed E-state index contributed by atoms with van der Waals surface area (Å²) < 4.78 is 43.0. The Morgan fingerprint density at radius 2 is 1.90 bits per heavy atom. The van der Waals surface area contributed by atoms with Gasteiger partial charge in [-0.2, -0.15) is 13.2 Å². The number of para-hydroxylation sites is 2. The van der Waals surface area contributed by atoms with Crippen molar-refractivity contribution < 1.29 is 23.0 Å². The molecule has 2 aromatic rings. The maximum Gasteiger partial charge on any atom is 0.417 e. The van der Waals surface area contributed by atoms with Gasteiger partial charge in [0.2, 0.25) is 5.88 Å².